The highest BCUT2D eigenvalue weighted by Gasteiger charge is 2.27. The Morgan fingerprint density at radius 1 is 1.35 bits per heavy atom. The third kappa shape index (κ3) is 3.71. The van der Waals surface area contributed by atoms with Crippen molar-refractivity contribution in [3.05, 3.63) is 23.8 Å². The molecule has 0 atom stereocenters. The Labute approximate surface area is 118 Å². The van der Waals surface area contributed by atoms with Crippen molar-refractivity contribution in [2.75, 3.05) is 19.0 Å². The van der Waals surface area contributed by atoms with Crippen LogP contribution in [0.3, 0.4) is 0 Å². The number of rotatable bonds is 6. The molecule has 6 nitrogen and oxygen atoms in total. The summed E-state index contributed by atoms with van der Waals surface area (Å²) in [5, 5.41) is 5.82. The molecule has 6 heteroatoms. The predicted molar refractivity (Wildman–Crippen MR) is 77.9 cm³/mol. The van der Waals surface area contributed by atoms with Crippen molar-refractivity contribution < 1.29 is 14.3 Å². The monoisotopic (exact) mass is 279 g/mol. The van der Waals surface area contributed by atoms with Crippen molar-refractivity contribution in [1.82, 2.24) is 5.32 Å². The van der Waals surface area contributed by atoms with E-state index in [9.17, 15) is 9.59 Å². The van der Waals surface area contributed by atoms with Crippen LogP contribution >= 0.6 is 0 Å². The summed E-state index contributed by atoms with van der Waals surface area (Å²) >= 11 is 0. The second kappa shape index (κ2) is 6.38. The molecule has 1 aromatic carbocycles. The molecule has 0 saturated carbocycles. The summed E-state index contributed by atoms with van der Waals surface area (Å²) in [6.45, 7) is 6.13. The van der Waals surface area contributed by atoms with Crippen LogP contribution in [0.15, 0.2) is 18.2 Å². The molecule has 1 rings (SSSR count). The number of carbonyl (C=O) groups is 2. The zero-order chi connectivity index (χ0) is 15.3. The van der Waals surface area contributed by atoms with Crippen molar-refractivity contribution in [2.45, 2.75) is 26.3 Å². The van der Waals surface area contributed by atoms with E-state index in [1.165, 1.54) is 13.2 Å². The average Bonchev–Trinajstić information content (AvgIpc) is 2.38. The number of nitrogens with two attached hydrogens (primary N) is 1. The molecule has 0 aliphatic heterocycles. The molecule has 4 N–H and O–H groups in total. The lowest BCUT2D eigenvalue weighted by molar-refractivity contribution is -0.121. The van der Waals surface area contributed by atoms with Crippen LogP contribution in [0.4, 0.5) is 5.69 Å². The number of nitrogens with one attached hydrogen (secondary N) is 2. The summed E-state index contributed by atoms with van der Waals surface area (Å²) in [6, 6.07) is 4.64. The van der Waals surface area contributed by atoms with Crippen molar-refractivity contribution in [2.24, 2.45) is 5.73 Å². The Morgan fingerprint density at radius 2 is 2.00 bits per heavy atom. The molecule has 2 amide bonds. The van der Waals surface area contributed by atoms with Crippen LogP contribution in [0.25, 0.3) is 0 Å². The molecule has 0 fully saturated rings. The first-order valence-electron chi connectivity index (χ1n) is 6.36. The fraction of sp³-hybridized carbons (Fsp3) is 0.429. The number of benzene rings is 1. The van der Waals surface area contributed by atoms with Gasteiger partial charge in [0.15, 0.2) is 0 Å². The summed E-state index contributed by atoms with van der Waals surface area (Å²) in [6.07, 6.45) is 0. The number of primary amides is 1. The van der Waals surface area contributed by atoms with Crippen LogP contribution in [-0.4, -0.2) is 31.0 Å². The van der Waals surface area contributed by atoms with Gasteiger partial charge in [0.2, 0.25) is 11.8 Å². The van der Waals surface area contributed by atoms with E-state index < -0.39 is 11.4 Å². The van der Waals surface area contributed by atoms with Gasteiger partial charge in [-0.2, -0.15) is 0 Å². The van der Waals surface area contributed by atoms with Gasteiger partial charge in [-0.05, 0) is 38.6 Å². The largest absolute Gasteiger partial charge is 0.495 e. The van der Waals surface area contributed by atoms with E-state index in [2.05, 4.69) is 10.6 Å². The topological polar surface area (TPSA) is 93.5 Å². The van der Waals surface area contributed by atoms with E-state index >= 15 is 0 Å². The lowest BCUT2D eigenvalue weighted by Gasteiger charge is -2.25. The molecule has 0 spiro atoms. The first-order chi connectivity index (χ1) is 9.31. The van der Waals surface area contributed by atoms with E-state index in [1.807, 2.05) is 6.92 Å². The molecule has 0 aliphatic rings. The second-order valence-corrected chi connectivity index (χ2v) is 4.89. The van der Waals surface area contributed by atoms with Gasteiger partial charge in [0.25, 0.3) is 0 Å². The molecule has 0 aliphatic carbocycles. The van der Waals surface area contributed by atoms with Gasteiger partial charge in [-0.25, -0.2) is 0 Å². The van der Waals surface area contributed by atoms with Gasteiger partial charge in [-0.3, -0.25) is 9.59 Å². The van der Waals surface area contributed by atoms with Crippen LogP contribution in [-0.2, 0) is 4.79 Å². The third-order valence-corrected chi connectivity index (χ3v) is 2.92. The van der Waals surface area contributed by atoms with Gasteiger partial charge < -0.3 is 21.1 Å². The van der Waals surface area contributed by atoms with E-state index in [1.54, 1.807) is 26.0 Å². The Hall–Kier alpha value is -2.08. The molecule has 0 aromatic heterocycles. The fourth-order valence-electron chi connectivity index (χ4n) is 1.76. The highest BCUT2D eigenvalue weighted by molar-refractivity contribution is 6.00. The highest BCUT2D eigenvalue weighted by Crippen LogP contribution is 2.26. The zero-order valence-electron chi connectivity index (χ0n) is 12.2. The van der Waals surface area contributed by atoms with E-state index in [4.69, 9.17) is 10.5 Å². The van der Waals surface area contributed by atoms with Crippen LogP contribution in [0.5, 0.6) is 5.75 Å². The molecular formula is C14H21N3O3. The highest BCUT2D eigenvalue weighted by atomic mass is 16.5. The van der Waals surface area contributed by atoms with Gasteiger partial charge >= 0.3 is 0 Å². The Morgan fingerprint density at radius 3 is 2.50 bits per heavy atom. The number of hydrogen-bond acceptors (Lipinski definition) is 4. The second-order valence-electron chi connectivity index (χ2n) is 4.89. The number of methoxy groups -OCH3 is 1. The maximum Gasteiger partial charge on any atom is 0.248 e. The maximum absolute atomic E-state index is 12.2. The Kier molecular flexibility index (Phi) is 5.10. The molecule has 0 bridgehead atoms. The van der Waals surface area contributed by atoms with Crippen LogP contribution in [0.1, 0.15) is 31.1 Å². The number of carbonyl (C=O) groups excluding carboxylic acids is 2. The summed E-state index contributed by atoms with van der Waals surface area (Å²) in [5.74, 6) is -0.316. The molecule has 0 radical (unpaired) electrons. The lowest BCUT2D eigenvalue weighted by atomic mass is 10.0. The summed E-state index contributed by atoms with van der Waals surface area (Å²) in [4.78, 5) is 23.4. The number of anilines is 1. The van der Waals surface area contributed by atoms with E-state index in [0.29, 0.717) is 23.5 Å². The third-order valence-electron chi connectivity index (χ3n) is 2.92. The van der Waals surface area contributed by atoms with Gasteiger partial charge in [-0.1, -0.05) is 6.92 Å². The van der Waals surface area contributed by atoms with Gasteiger partial charge in [0.1, 0.15) is 5.75 Å². The SMILES string of the molecule is CCNC(C)(C)C(=O)Nc1cc(C(N)=O)ccc1OC. The van der Waals surface area contributed by atoms with Gasteiger partial charge in [-0.15, -0.1) is 0 Å². The van der Waals surface area contributed by atoms with Crippen molar-refractivity contribution in [3.63, 3.8) is 0 Å². The molecule has 0 unspecified atom stereocenters. The van der Waals surface area contributed by atoms with Crippen LogP contribution < -0.4 is 21.1 Å². The van der Waals surface area contributed by atoms with Crippen LogP contribution in [0, 0.1) is 0 Å². The minimum atomic E-state index is -0.734. The maximum atomic E-state index is 12.2. The Bertz CT molecular complexity index is 512. The number of ether oxygens (including phenoxy) is 1. The molecule has 0 heterocycles. The normalized spacial score (nSPS) is 11.0. The van der Waals surface area contributed by atoms with E-state index in [0.717, 1.165) is 0 Å². The number of hydrogen-bond donors (Lipinski definition) is 3. The number of likely N-dealkylation sites (N-methyl/N-ethyl adjacent to an activating group) is 1. The molecule has 20 heavy (non-hydrogen) atoms. The molecule has 1 aromatic rings. The van der Waals surface area contributed by atoms with Crippen molar-refractivity contribution in [3.8, 4) is 5.75 Å². The standard InChI is InChI=1S/C14H21N3O3/c1-5-16-14(2,3)13(19)17-10-8-9(12(15)18)6-7-11(10)20-4/h6-8,16H,5H2,1-4H3,(H2,15,18)(H,17,19). The van der Waals surface area contributed by atoms with Gasteiger partial charge in [0, 0.05) is 5.56 Å². The first-order valence-corrected chi connectivity index (χ1v) is 6.36. The summed E-state index contributed by atoms with van der Waals surface area (Å²) in [5.41, 5.74) is 5.22. The zero-order valence-corrected chi connectivity index (χ0v) is 12.2. The molecule has 110 valence electrons. The van der Waals surface area contributed by atoms with Crippen molar-refractivity contribution in [1.29, 1.82) is 0 Å². The predicted octanol–water partition coefficient (Wildman–Crippen LogP) is 1.12. The number of amides is 2. The lowest BCUT2D eigenvalue weighted by Crippen LogP contribution is -2.49. The fourth-order valence-corrected chi connectivity index (χ4v) is 1.76. The first kappa shape index (κ1) is 16.0. The quantitative estimate of drug-likeness (QED) is 0.727. The van der Waals surface area contributed by atoms with E-state index in [-0.39, 0.29) is 5.91 Å². The van der Waals surface area contributed by atoms with Gasteiger partial charge in [0.05, 0.1) is 18.3 Å². The summed E-state index contributed by atoms with van der Waals surface area (Å²) in [7, 11) is 1.49. The minimum absolute atomic E-state index is 0.223. The Balaban J connectivity index is 3.04. The minimum Gasteiger partial charge on any atom is -0.495 e. The van der Waals surface area contributed by atoms with Crippen molar-refractivity contribution >= 4 is 17.5 Å². The molecular weight excluding hydrogens is 258 g/mol. The smallest absolute Gasteiger partial charge is 0.248 e. The summed E-state index contributed by atoms with van der Waals surface area (Å²) < 4.78 is 5.17. The van der Waals surface area contributed by atoms with Crippen LogP contribution in [0.2, 0.25) is 0 Å². The average molecular weight is 279 g/mol. The molecule has 0 saturated heterocycles.